The van der Waals surface area contributed by atoms with Crippen molar-refractivity contribution in [3.63, 3.8) is 0 Å². The number of nitrogens with one attached hydrogen (secondary N) is 1. The van der Waals surface area contributed by atoms with Crippen LogP contribution in [-0.4, -0.2) is 29.2 Å². The number of hydrogen-bond donors (Lipinski definition) is 1. The number of halogens is 2. The number of para-hydroxylation sites is 1. The average molecular weight is 299 g/mol. The fourth-order valence-electron chi connectivity index (χ4n) is 1.44. The van der Waals surface area contributed by atoms with E-state index in [0.29, 0.717) is 10.7 Å². The van der Waals surface area contributed by atoms with Crippen LogP contribution in [0.15, 0.2) is 34.5 Å². The molecule has 2 rings (SSSR count). The van der Waals surface area contributed by atoms with Gasteiger partial charge in [-0.1, -0.05) is 23.9 Å². The molecule has 106 valence electrons. The minimum absolute atomic E-state index is 0.0166. The molecule has 1 saturated heterocycles. The summed E-state index contributed by atoms with van der Waals surface area (Å²) in [6, 6.07) is 6.23. The van der Waals surface area contributed by atoms with E-state index >= 15 is 0 Å². The Hall–Kier alpha value is -1.96. The van der Waals surface area contributed by atoms with Gasteiger partial charge >= 0.3 is 6.61 Å². The quantitative estimate of drug-likeness (QED) is 0.685. The van der Waals surface area contributed by atoms with Crippen molar-refractivity contribution in [2.75, 3.05) is 0 Å². The van der Waals surface area contributed by atoms with Gasteiger partial charge in [0.25, 0.3) is 0 Å². The molecule has 1 aromatic rings. The maximum Gasteiger partial charge on any atom is 0.387 e. The number of hydrogen-bond acceptors (Lipinski definition) is 5. The molecular formula is C12H11F2N3O2S. The fourth-order valence-corrected chi connectivity index (χ4v) is 2.19. The number of alkyl halides is 2. The smallest absolute Gasteiger partial charge is 0.387 e. The van der Waals surface area contributed by atoms with Crippen molar-refractivity contribution in [2.45, 2.75) is 18.8 Å². The standard InChI is InChI=1S/C12H11F2N3O2S/c1-7-10(18)16-12(20-7)17-15-6-8-4-2-3-5-9(8)19-11(13)14/h2-7,11H,1H3,(H,16,17,18). The highest BCUT2D eigenvalue weighted by Gasteiger charge is 2.25. The Bertz CT molecular complexity index is 563. The van der Waals surface area contributed by atoms with Crippen molar-refractivity contribution >= 4 is 29.1 Å². The zero-order valence-electron chi connectivity index (χ0n) is 10.4. The Morgan fingerprint density at radius 1 is 1.45 bits per heavy atom. The predicted octanol–water partition coefficient (Wildman–Crippen LogP) is 2.23. The molecule has 5 nitrogen and oxygen atoms in total. The predicted molar refractivity (Wildman–Crippen MR) is 73.3 cm³/mol. The first kappa shape index (κ1) is 14.4. The molecule has 1 unspecified atom stereocenters. The molecule has 1 heterocycles. The first-order valence-electron chi connectivity index (χ1n) is 5.68. The van der Waals surface area contributed by atoms with E-state index in [2.05, 4.69) is 20.3 Å². The number of rotatable bonds is 4. The summed E-state index contributed by atoms with van der Waals surface area (Å²) in [6.07, 6.45) is 1.29. The third kappa shape index (κ3) is 3.77. The van der Waals surface area contributed by atoms with Gasteiger partial charge in [-0.3, -0.25) is 4.79 Å². The van der Waals surface area contributed by atoms with Crippen LogP contribution in [0, 0.1) is 0 Å². The highest BCUT2D eigenvalue weighted by molar-refractivity contribution is 8.15. The number of carbonyl (C=O) groups excluding carboxylic acids is 1. The van der Waals surface area contributed by atoms with Gasteiger partial charge < -0.3 is 10.1 Å². The summed E-state index contributed by atoms with van der Waals surface area (Å²) in [7, 11) is 0. The maximum atomic E-state index is 12.2. The Balaban J connectivity index is 2.08. The van der Waals surface area contributed by atoms with Crippen molar-refractivity contribution in [2.24, 2.45) is 10.2 Å². The van der Waals surface area contributed by atoms with Crippen LogP contribution in [0.4, 0.5) is 8.78 Å². The Labute approximate surface area is 118 Å². The number of amides is 1. The first-order chi connectivity index (χ1) is 9.56. The summed E-state index contributed by atoms with van der Waals surface area (Å²) in [4.78, 5) is 11.2. The molecule has 0 radical (unpaired) electrons. The first-order valence-corrected chi connectivity index (χ1v) is 6.56. The van der Waals surface area contributed by atoms with Crippen LogP contribution in [-0.2, 0) is 4.79 Å². The SMILES string of the molecule is CC1SC(=NN=Cc2ccccc2OC(F)F)NC1=O. The van der Waals surface area contributed by atoms with Gasteiger partial charge in [-0.05, 0) is 19.1 Å². The van der Waals surface area contributed by atoms with Gasteiger partial charge in [0.05, 0.1) is 11.5 Å². The lowest BCUT2D eigenvalue weighted by atomic mass is 10.2. The van der Waals surface area contributed by atoms with Crippen LogP contribution >= 0.6 is 11.8 Å². The number of benzene rings is 1. The lowest BCUT2D eigenvalue weighted by Crippen LogP contribution is -2.23. The van der Waals surface area contributed by atoms with Gasteiger partial charge in [-0.25, -0.2) is 0 Å². The van der Waals surface area contributed by atoms with Gasteiger partial charge in [0.2, 0.25) is 5.91 Å². The lowest BCUT2D eigenvalue weighted by Gasteiger charge is -2.06. The molecule has 0 saturated carbocycles. The molecule has 8 heteroatoms. The number of nitrogens with zero attached hydrogens (tertiary/aromatic N) is 2. The van der Waals surface area contributed by atoms with E-state index in [9.17, 15) is 13.6 Å². The summed E-state index contributed by atoms with van der Waals surface area (Å²) in [5.74, 6) is -0.117. The van der Waals surface area contributed by atoms with Gasteiger partial charge in [-0.2, -0.15) is 13.9 Å². The van der Waals surface area contributed by atoms with E-state index in [0.717, 1.165) is 0 Å². The number of amidine groups is 1. The molecule has 0 spiro atoms. The largest absolute Gasteiger partial charge is 0.434 e. The molecule has 1 aliphatic heterocycles. The second-order valence-corrected chi connectivity index (χ2v) is 5.14. The van der Waals surface area contributed by atoms with E-state index < -0.39 is 6.61 Å². The van der Waals surface area contributed by atoms with E-state index in [-0.39, 0.29) is 16.9 Å². The van der Waals surface area contributed by atoms with Crippen molar-refractivity contribution < 1.29 is 18.3 Å². The van der Waals surface area contributed by atoms with Crippen molar-refractivity contribution in [1.82, 2.24) is 5.32 Å². The summed E-state index contributed by atoms with van der Waals surface area (Å²) in [5.41, 5.74) is 0.375. The molecule has 0 bridgehead atoms. The Morgan fingerprint density at radius 2 is 2.20 bits per heavy atom. The van der Waals surface area contributed by atoms with Gasteiger partial charge in [-0.15, -0.1) is 5.10 Å². The van der Waals surface area contributed by atoms with Crippen molar-refractivity contribution in [3.8, 4) is 5.75 Å². The molecular weight excluding hydrogens is 288 g/mol. The Kier molecular flexibility index (Phi) is 4.67. The van der Waals surface area contributed by atoms with Crippen LogP contribution < -0.4 is 10.1 Å². The highest BCUT2D eigenvalue weighted by Crippen LogP contribution is 2.20. The zero-order chi connectivity index (χ0) is 14.5. The lowest BCUT2D eigenvalue weighted by molar-refractivity contribution is -0.118. The summed E-state index contributed by atoms with van der Waals surface area (Å²) in [5, 5.41) is 10.3. The summed E-state index contributed by atoms with van der Waals surface area (Å²) >= 11 is 1.25. The van der Waals surface area contributed by atoms with Crippen LogP contribution in [0.3, 0.4) is 0 Å². The van der Waals surface area contributed by atoms with Crippen molar-refractivity contribution in [1.29, 1.82) is 0 Å². The van der Waals surface area contributed by atoms with E-state index in [1.54, 1.807) is 25.1 Å². The molecule has 1 atom stereocenters. The molecule has 0 aliphatic carbocycles. The second kappa shape index (κ2) is 6.47. The fraction of sp³-hybridized carbons (Fsp3) is 0.250. The van der Waals surface area contributed by atoms with Crippen molar-refractivity contribution in [3.05, 3.63) is 29.8 Å². The summed E-state index contributed by atoms with van der Waals surface area (Å²) in [6.45, 7) is -1.15. The maximum absolute atomic E-state index is 12.2. The van der Waals surface area contributed by atoms with E-state index in [1.807, 2.05) is 0 Å². The second-order valence-electron chi connectivity index (χ2n) is 3.82. The van der Waals surface area contributed by atoms with Gasteiger partial charge in [0, 0.05) is 5.56 Å². The number of ether oxygens (including phenoxy) is 1. The average Bonchev–Trinajstić information content (AvgIpc) is 2.70. The molecule has 1 fully saturated rings. The molecule has 1 amide bonds. The number of thioether (sulfide) groups is 1. The van der Waals surface area contributed by atoms with Crippen LogP contribution in [0.2, 0.25) is 0 Å². The third-order valence-electron chi connectivity index (χ3n) is 2.37. The molecule has 1 N–H and O–H groups in total. The topological polar surface area (TPSA) is 63.1 Å². The normalized spacial score (nSPS) is 20.9. The van der Waals surface area contributed by atoms with E-state index in [4.69, 9.17) is 0 Å². The summed E-state index contributed by atoms with van der Waals surface area (Å²) < 4.78 is 28.8. The zero-order valence-corrected chi connectivity index (χ0v) is 11.2. The van der Waals surface area contributed by atoms with Gasteiger partial charge in [0.1, 0.15) is 5.75 Å². The molecule has 0 aromatic heterocycles. The third-order valence-corrected chi connectivity index (χ3v) is 3.34. The van der Waals surface area contributed by atoms with Crippen LogP contribution in [0.1, 0.15) is 12.5 Å². The Morgan fingerprint density at radius 3 is 2.85 bits per heavy atom. The minimum atomic E-state index is -2.90. The number of carbonyl (C=O) groups is 1. The minimum Gasteiger partial charge on any atom is -0.434 e. The van der Waals surface area contributed by atoms with E-state index in [1.165, 1.54) is 24.0 Å². The molecule has 20 heavy (non-hydrogen) atoms. The molecule has 1 aromatic carbocycles. The van der Waals surface area contributed by atoms with Crippen LogP contribution in [0.25, 0.3) is 0 Å². The monoisotopic (exact) mass is 299 g/mol. The van der Waals surface area contributed by atoms with Crippen LogP contribution in [0.5, 0.6) is 5.75 Å². The molecule has 1 aliphatic rings. The van der Waals surface area contributed by atoms with Gasteiger partial charge in [0.15, 0.2) is 5.17 Å². The highest BCUT2D eigenvalue weighted by atomic mass is 32.2.